The number of nitro groups is 1. The van der Waals surface area contributed by atoms with E-state index in [2.05, 4.69) is 5.32 Å². The number of amides is 1. The third-order valence-corrected chi connectivity index (χ3v) is 4.00. The van der Waals surface area contributed by atoms with Gasteiger partial charge < -0.3 is 5.32 Å². The molecule has 5 nitrogen and oxygen atoms in total. The van der Waals surface area contributed by atoms with Crippen molar-refractivity contribution < 1.29 is 9.72 Å². The Bertz CT molecular complexity index is 502. The molecule has 0 heterocycles. The number of hydrogen-bond donors (Lipinski definition) is 1. The Hall–Kier alpha value is -1.33. The van der Waals surface area contributed by atoms with Crippen LogP contribution in [0.3, 0.4) is 0 Å². The summed E-state index contributed by atoms with van der Waals surface area (Å²) in [5, 5.41) is 13.2. The molecule has 1 aromatic carbocycles. The van der Waals surface area contributed by atoms with Gasteiger partial charge in [-0.2, -0.15) is 0 Å². The van der Waals surface area contributed by atoms with Crippen molar-refractivity contribution in [2.75, 3.05) is 6.54 Å². The third-order valence-electron chi connectivity index (χ3n) is 3.07. The molecule has 0 saturated heterocycles. The van der Waals surface area contributed by atoms with Crippen molar-refractivity contribution in [1.29, 1.82) is 0 Å². The van der Waals surface area contributed by atoms with Gasteiger partial charge in [-0.05, 0) is 30.9 Å². The van der Waals surface area contributed by atoms with E-state index in [4.69, 9.17) is 23.2 Å². The molecule has 0 bridgehead atoms. The Morgan fingerprint density at radius 2 is 2.00 bits per heavy atom. The van der Waals surface area contributed by atoms with E-state index in [1.165, 1.54) is 24.3 Å². The van der Waals surface area contributed by atoms with Gasteiger partial charge in [0.1, 0.15) is 4.33 Å². The molecule has 1 aliphatic rings. The van der Waals surface area contributed by atoms with Crippen LogP contribution in [0.5, 0.6) is 0 Å². The van der Waals surface area contributed by atoms with Gasteiger partial charge in [-0.25, -0.2) is 0 Å². The summed E-state index contributed by atoms with van der Waals surface area (Å²) in [5.41, 5.74) is 0.355. The number of nitrogens with one attached hydrogen (secondary N) is 1. The fraction of sp³-hybridized carbons (Fsp3) is 0.417. The largest absolute Gasteiger partial charge is 0.352 e. The summed E-state index contributed by atoms with van der Waals surface area (Å²) in [4.78, 5) is 21.7. The van der Waals surface area contributed by atoms with Crippen LogP contribution in [0.1, 0.15) is 23.2 Å². The fourth-order valence-electron chi connectivity index (χ4n) is 1.78. The molecule has 7 heteroatoms. The molecule has 0 spiro atoms. The topological polar surface area (TPSA) is 72.2 Å². The molecule has 1 saturated carbocycles. The third kappa shape index (κ3) is 3.58. The second-order valence-electron chi connectivity index (χ2n) is 4.51. The number of nitro benzene ring substituents is 1. The second kappa shape index (κ2) is 5.35. The first kappa shape index (κ1) is 14.1. The van der Waals surface area contributed by atoms with Gasteiger partial charge in [-0.3, -0.25) is 14.9 Å². The summed E-state index contributed by atoms with van der Waals surface area (Å²) in [6.07, 6.45) is 1.48. The molecule has 0 aliphatic heterocycles. The van der Waals surface area contributed by atoms with E-state index in [-0.39, 0.29) is 17.5 Å². The monoisotopic (exact) mass is 302 g/mol. The lowest BCUT2D eigenvalue weighted by molar-refractivity contribution is -0.384. The highest BCUT2D eigenvalue weighted by Crippen LogP contribution is 2.54. The average Bonchev–Trinajstić information content (AvgIpc) is 2.97. The van der Waals surface area contributed by atoms with Crippen LogP contribution < -0.4 is 5.32 Å². The molecule has 19 heavy (non-hydrogen) atoms. The molecule has 1 amide bonds. The first-order chi connectivity index (χ1) is 8.90. The average molecular weight is 303 g/mol. The van der Waals surface area contributed by atoms with Gasteiger partial charge in [-0.1, -0.05) is 0 Å². The highest BCUT2D eigenvalue weighted by Gasteiger charge is 2.50. The van der Waals surface area contributed by atoms with Crippen LogP contribution in [0.15, 0.2) is 24.3 Å². The number of carbonyl (C=O) groups is 1. The molecule has 1 fully saturated rings. The zero-order chi connectivity index (χ0) is 14.0. The highest BCUT2D eigenvalue weighted by atomic mass is 35.5. The lowest BCUT2D eigenvalue weighted by Gasteiger charge is -2.05. The van der Waals surface area contributed by atoms with Crippen molar-refractivity contribution in [1.82, 2.24) is 5.32 Å². The van der Waals surface area contributed by atoms with Crippen molar-refractivity contribution in [3.63, 3.8) is 0 Å². The van der Waals surface area contributed by atoms with Crippen molar-refractivity contribution in [3.05, 3.63) is 39.9 Å². The maximum absolute atomic E-state index is 11.7. The van der Waals surface area contributed by atoms with Gasteiger partial charge in [0.2, 0.25) is 0 Å². The number of alkyl halides is 2. The normalized spacial score (nSPS) is 19.8. The Balaban J connectivity index is 1.81. The van der Waals surface area contributed by atoms with Crippen LogP contribution >= 0.6 is 23.2 Å². The van der Waals surface area contributed by atoms with Gasteiger partial charge in [-0.15, -0.1) is 23.2 Å². The van der Waals surface area contributed by atoms with E-state index < -0.39 is 9.26 Å². The molecule has 1 atom stereocenters. The molecule has 0 radical (unpaired) electrons. The predicted octanol–water partition coefficient (Wildman–Crippen LogP) is 2.91. The molecule has 0 aromatic heterocycles. The van der Waals surface area contributed by atoms with Gasteiger partial charge in [0.15, 0.2) is 0 Å². The minimum Gasteiger partial charge on any atom is -0.352 e. The molecule has 0 unspecified atom stereocenters. The van der Waals surface area contributed by atoms with Crippen LogP contribution in [-0.4, -0.2) is 21.7 Å². The van der Waals surface area contributed by atoms with E-state index in [9.17, 15) is 14.9 Å². The van der Waals surface area contributed by atoms with Crippen molar-refractivity contribution in [3.8, 4) is 0 Å². The van der Waals surface area contributed by atoms with E-state index in [1.54, 1.807) is 0 Å². The van der Waals surface area contributed by atoms with Crippen LogP contribution in [0.2, 0.25) is 0 Å². The number of benzene rings is 1. The molecule has 1 aromatic rings. The first-order valence-electron chi connectivity index (χ1n) is 5.80. The molecular weight excluding hydrogens is 291 g/mol. The van der Waals surface area contributed by atoms with Crippen LogP contribution in [-0.2, 0) is 0 Å². The number of nitrogens with zero attached hydrogens (tertiary/aromatic N) is 1. The number of carbonyl (C=O) groups excluding carboxylic acids is 1. The maximum atomic E-state index is 11.7. The van der Waals surface area contributed by atoms with Crippen molar-refractivity contribution >= 4 is 34.8 Å². The number of halogens is 2. The van der Waals surface area contributed by atoms with Gasteiger partial charge in [0.05, 0.1) is 4.92 Å². The molecule has 102 valence electrons. The van der Waals surface area contributed by atoms with E-state index in [1.807, 2.05) is 0 Å². The number of rotatable bonds is 5. The number of hydrogen-bond acceptors (Lipinski definition) is 3. The summed E-state index contributed by atoms with van der Waals surface area (Å²) in [6, 6.07) is 5.46. The lowest BCUT2D eigenvalue weighted by Crippen LogP contribution is -2.25. The van der Waals surface area contributed by atoms with Crippen LogP contribution in [0.4, 0.5) is 5.69 Å². The SMILES string of the molecule is O=C(NCC[C@H]1CC1(Cl)Cl)c1ccc([N+](=O)[O-])cc1. The van der Waals surface area contributed by atoms with Gasteiger partial charge >= 0.3 is 0 Å². The quantitative estimate of drug-likeness (QED) is 0.516. The zero-order valence-corrected chi connectivity index (χ0v) is 11.4. The summed E-state index contributed by atoms with van der Waals surface area (Å²) in [7, 11) is 0. The molecular formula is C12H12Cl2N2O3. The summed E-state index contributed by atoms with van der Waals surface area (Å²) in [6.45, 7) is 0.488. The predicted molar refractivity (Wildman–Crippen MR) is 72.6 cm³/mol. The van der Waals surface area contributed by atoms with Crippen LogP contribution in [0.25, 0.3) is 0 Å². The fourth-order valence-corrected chi connectivity index (χ4v) is 2.37. The maximum Gasteiger partial charge on any atom is 0.269 e. The van der Waals surface area contributed by atoms with E-state index in [0.29, 0.717) is 12.1 Å². The minimum atomic E-state index is -0.627. The van der Waals surface area contributed by atoms with Crippen LogP contribution in [0, 0.1) is 16.0 Å². The first-order valence-corrected chi connectivity index (χ1v) is 6.56. The Morgan fingerprint density at radius 3 is 2.47 bits per heavy atom. The molecule has 1 aliphatic carbocycles. The molecule has 1 N–H and O–H groups in total. The van der Waals surface area contributed by atoms with Crippen molar-refractivity contribution in [2.45, 2.75) is 17.2 Å². The summed E-state index contributed by atoms with van der Waals surface area (Å²) >= 11 is 11.8. The standard InChI is InChI=1S/C12H12Cl2N2O3/c13-12(14)7-9(12)5-6-15-11(17)8-1-3-10(4-2-8)16(18)19/h1-4,9H,5-7H2,(H,15,17)/t9-/m0/s1. The van der Waals surface area contributed by atoms with Gasteiger partial charge in [0, 0.05) is 24.2 Å². The highest BCUT2D eigenvalue weighted by molar-refractivity contribution is 6.50. The second-order valence-corrected chi connectivity index (χ2v) is 6.05. The minimum absolute atomic E-state index is 0.0383. The molecule has 2 rings (SSSR count). The Labute approximate surface area is 120 Å². The van der Waals surface area contributed by atoms with E-state index in [0.717, 1.165) is 12.8 Å². The van der Waals surface area contributed by atoms with Crippen molar-refractivity contribution in [2.24, 2.45) is 5.92 Å². The summed E-state index contributed by atoms with van der Waals surface area (Å²) in [5.74, 6) is -0.0294. The van der Waals surface area contributed by atoms with Gasteiger partial charge in [0.25, 0.3) is 11.6 Å². The Morgan fingerprint density at radius 1 is 1.42 bits per heavy atom. The summed E-state index contributed by atoms with van der Waals surface area (Å²) < 4.78 is -0.627. The smallest absolute Gasteiger partial charge is 0.269 e. The zero-order valence-electron chi connectivity index (χ0n) is 9.94. The van der Waals surface area contributed by atoms with E-state index >= 15 is 0 Å². The Kier molecular flexibility index (Phi) is 3.96. The number of non-ortho nitro benzene ring substituents is 1. The lowest BCUT2D eigenvalue weighted by atomic mass is 10.2.